The molecule has 0 amide bonds. The predicted molar refractivity (Wildman–Crippen MR) is 537 cm³/mol. The number of benzene rings is 4. The van der Waals surface area contributed by atoms with Crippen LogP contribution in [0, 0.1) is 20.4 Å². The quantitative estimate of drug-likeness (QED) is 0.0146. The van der Waals surface area contributed by atoms with Crippen LogP contribution in [0.15, 0.2) is 72.8 Å². The van der Waals surface area contributed by atoms with Crippen LogP contribution in [-0.4, -0.2) is 262 Å². The minimum absolute atomic E-state index is 0.0212. The Balaban J connectivity index is 0.000000127. The lowest BCUT2D eigenvalue weighted by molar-refractivity contribution is -0.383. The van der Waals surface area contributed by atoms with Gasteiger partial charge >= 0.3 is 0 Å². The smallest absolute Gasteiger partial charge is 0.292 e. The van der Waals surface area contributed by atoms with Crippen molar-refractivity contribution < 1.29 is 77.8 Å². The van der Waals surface area contributed by atoms with E-state index < -0.39 is 32.9 Å². The molecule has 758 valence electrons. The summed E-state index contributed by atoms with van der Waals surface area (Å²) in [5.41, 5.74) is 42.0. The third-order valence-electron chi connectivity index (χ3n) is 27.6. The molecule has 0 bridgehead atoms. The van der Waals surface area contributed by atoms with Crippen molar-refractivity contribution in [2.45, 2.75) is 193 Å². The van der Waals surface area contributed by atoms with E-state index >= 15 is 0 Å². The number of nitrogens with one attached hydrogen (secondary N) is 2. The molecule has 17 heterocycles. The number of halogens is 2. The van der Waals surface area contributed by atoms with E-state index in [1.165, 1.54) is 12.1 Å². The number of aliphatic hydroxyl groups excluding tert-OH is 5. The van der Waals surface area contributed by atoms with Gasteiger partial charge in [-0.2, -0.15) is 5.26 Å². The Morgan fingerprint density at radius 2 is 0.662 bits per heavy atom. The second-order valence-corrected chi connectivity index (χ2v) is 38.3. The number of rotatable bonds is 20. The van der Waals surface area contributed by atoms with Gasteiger partial charge in [0.05, 0.1) is 196 Å². The van der Waals surface area contributed by atoms with Gasteiger partial charge in [-0.25, -0.2) is 59.8 Å². The molecule has 10 atom stereocenters. The Hall–Kier alpha value is -11.7. The molecule has 17 N–H and O–H groups in total. The predicted octanol–water partition coefficient (Wildman–Crippen LogP) is 9.90. The van der Waals surface area contributed by atoms with E-state index in [1.807, 2.05) is 77.1 Å². The summed E-state index contributed by atoms with van der Waals surface area (Å²) in [6.45, 7) is 32.6. The molecule has 0 spiro atoms. The number of nitrogens with two attached hydrogens (primary N) is 5. The number of morpholine rings is 5. The number of ether oxygens (including phenoxy) is 10. The maximum Gasteiger partial charge on any atom is 0.292 e. The lowest BCUT2D eigenvalue weighted by atomic mass is 9.96. The molecule has 43 nitrogen and oxygen atoms in total. The summed E-state index contributed by atoms with van der Waals surface area (Å²) in [5, 5.41) is 66.4. The minimum atomic E-state index is -0.758. The number of nitro groups is 1. The Kier molecular flexibility index (Phi) is 31.9. The highest BCUT2D eigenvalue weighted by Crippen LogP contribution is 2.50. The second kappa shape index (κ2) is 43.8. The van der Waals surface area contributed by atoms with Crippen molar-refractivity contribution in [3.63, 3.8) is 0 Å². The minimum Gasteiger partial charge on any atom is -0.397 e. The standard InChI is InChI=1S/2C21H26N6O3.C20H25N5O5.C20H27N5O3.C14H20ClN3O3.CBrN/c2*1-12-10-29-8-6-27(12)19-14-11-30-21(2,5-7-28)17(14)25-18(26-19)13-3-4-15-16(9-13)24-20(22)23-15;1-12-10-29-8-6-24(12)19-14-11-30-20(2,5-7-26)17(14)22-18(23-19)13-3-4-15(21)16(9-13)25(27)28;1-12-10-27-8-6-25(12)19-14-11-28-20(2,5-7-26)17(14)23-18(24-19)13-3-4-15(21)16(22)9-13;1-9-7-20-6-4-18(9)12-10-8-21-14(2,3-5-19)11(10)16-13(15)17-12;2-1-3/h2*3-4,9,12,28H,5-8,10-11H2,1-2H3,(H3,22,23,24);3-4,9,12,26H,5-8,10-11,21H2,1-2H3;3-4,9,12,26H,5-8,10-11,21-22H2,1-2H3;9,19H,3-8H2,1-2H3;/t12-,21+;12-,21-;2*12-,20?;9-,14?;/m00000./s1. The van der Waals surface area contributed by atoms with E-state index in [-0.39, 0.29) is 79.9 Å². The van der Waals surface area contributed by atoms with E-state index in [0.717, 1.165) is 145 Å². The van der Waals surface area contributed by atoms with Gasteiger partial charge in [-0.1, -0.05) is 0 Å². The van der Waals surface area contributed by atoms with Gasteiger partial charge in [0.25, 0.3) is 5.69 Å². The number of anilines is 10. The van der Waals surface area contributed by atoms with Crippen LogP contribution >= 0.6 is 27.5 Å². The van der Waals surface area contributed by atoms with Crippen LogP contribution in [0.3, 0.4) is 0 Å². The van der Waals surface area contributed by atoms with Crippen molar-refractivity contribution in [1.82, 2.24) is 69.8 Å². The summed E-state index contributed by atoms with van der Waals surface area (Å²) in [7, 11) is 0. The van der Waals surface area contributed by atoms with Gasteiger partial charge in [-0.05, 0) is 148 Å². The van der Waals surface area contributed by atoms with Crippen LogP contribution in [0.4, 0.5) is 63.7 Å². The van der Waals surface area contributed by atoms with Gasteiger partial charge < -0.3 is 136 Å². The number of hydrogen-bond acceptors (Lipinski definition) is 40. The van der Waals surface area contributed by atoms with E-state index in [0.29, 0.717) is 196 Å². The van der Waals surface area contributed by atoms with Gasteiger partial charge in [0.1, 0.15) is 67.8 Å². The summed E-state index contributed by atoms with van der Waals surface area (Å²) in [6.07, 6.45) is 2.30. The zero-order valence-electron chi connectivity index (χ0n) is 81.3. The number of fused-ring (bicyclic) bond motifs is 7. The SMILES string of the molecule is C[C@H]1COCCN1c1nc(-c2ccc(N)c(N)c2)nc2c1COC2(C)CCO.C[C@H]1COCCN1c1nc(-c2ccc(N)c([N+](=O)[O-])c2)nc2c1COC2(C)CCO.C[C@H]1COCCN1c1nc(-c2ccc3nc(N)[nH]c3c2)nc2c1CO[C@@]2(C)CCO.C[C@H]1COCCN1c1nc(-c2ccc3nc(N)[nH]c3c2)nc2c1CO[C@]2(C)CCO.C[C@H]1COCCN1c1nc(Cl)nc2c1COC2(C)CCO.N#CBr. The van der Waals surface area contributed by atoms with Crippen molar-refractivity contribution in [2.75, 3.05) is 185 Å². The maximum absolute atomic E-state index is 11.4. The van der Waals surface area contributed by atoms with Crippen molar-refractivity contribution in [1.29, 1.82) is 5.26 Å². The van der Waals surface area contributed by atoms with E-state index in [2.05, 4.69) is 105 Å². The molecule has 21 rings (SSSR count). The molecule has 5 fully saturated rings. The maximum atomic E-state index is 11.4. The first-order valence-electron chi connectivity index (χ1n) is 47.6. The number of aliphatic hydroxyl groups is 5. The number of imidazole rings is 2. The summed E-state index contributed by atoms with van der Waals surface area (Å²) in [6, 6.07) is 22.6. The molecule has 0 saturated carbocycles. The number of H-pyrrole nitrogens is 2. The first-order valence-corrected chi connectivity index (χ1v) is 48.8. The van der Waals surface area contributed by atoms with Crippen molar-refractivity contribution in [3.05, 3.63) is 144 Å². The molecular weight excluding hydrogens is 1920 g/mol. The van der Waals surface area contributed by atoms with Crippen LogP contribution in [0.25, 0.3) is 67.6 Å². The van der Waals surface area contributed by atoms with Crippen LogP contribution in [0.1, 0.15) is 158 Å². The number of nitriles is 1. The largest absolute Gasteiger partial charge is 0.397 e. The lowest BCUT2D eigenvalue weighted by Gasteiger charge is -2.35. The Morgan fingerprint density at radius 3 is 0.937 bits per heavy atom. The van der Waals surface area contributed by atoms with E-state index in [1.54, 1.807) is 23.2 Å². The summed E-state index contributed by atoms with van der Waals surface area (Å²) < 4.78 is 58.2. The molecule has 45 heteroatoms. The van der Waals surface area contributed by atoms with Crippen LogP contribution < -0.4 is 53.2 Å². The zero-order valence-corrected chi connectivity index (χ0v) is 83.6. The third-order valence-corrected chi connectivity index (χ3v) is 27.7. The fourth-order valence-corrected chi connectivity index (χ4v) is 19.7. The number of hydrogen-bond donors (Lipinski definition) is 12. The lowest BCUT2D eigenvalue weighted by Crippen LogP contribution is -2.44. The highest BCUT2D eigenvalue weighted by molar-refractivity contribution is 9.12. The van der Waals surface area contributed by atoms with Gasteiger partial charge in [0.15, 0.2) is 35.2 Å². The molecule has 3 unspecified atom stereocenters. The number of nitrogen functional groups attached to an aromatic ring is 5. The normalized spacial score (nSPS) is 24.1. The van der Waals surface area contributed by atoms with Gasteiger partial charge in [-0.15, -0.1) is 0 Å². The van der Waals surface area contributed by atoms with Crippen molar-refractivity contribution in [3.8, 4) is 50.5 Å². The molecule has 142 heavy (non-hydrogen) atoms. The summed E-state index contributed by atoms with van der Waals surface area (Å²) >= 11 is 8.58. The van der Waals surface area contributed by atoms with Crippen LogP contribution in [0.5, 0.6) is 0 Å². The first kappa shape index (κ1) is 103. The molecule has 10 aliphatic rings. The number of nitro benzene ring substituents is 1. The van der Waals surface area contributed by atoms with E-state index in [4.69, 9.17) is 133 Å². The van der Waals surface area contributed by atoms with Gasteiger partial charge in [0, 0.05) is 170 Å². The number of aromatic amines is 2. The molecule has 11 aromatic rings. The molecule has 5 saturated heterocycles. The average molecular weight is 2040 g/mol. The Morgan fingerprint density at radius 1 is 0.401 bits per heavy atom. The summed E-state index contributed by atoms with van der Waals surface area (Å²) in [5.74, 6) is 7.15. The molecule has 0 radical (unpaired) electrons. The molecule has 0 aliphatic carbocycles. The topological polar surface area (TPSA) is 593 Å². The van der Waals surface area contributed by atoms with Gasteiger partial charge in [-0.3, -0.25) is 10.1 Å². The number of nitrogens with zero attached hydrogens (tertiary/aromatic N) is 19. The molecule has 10 aliphatic heterocycles. The first-order chi connectivity index (χ1) is 68.2. The second-order valence-electron chi connectivity index (χ2n) is 37.7. The van der Waals surface area contributed by atoms with Crippen molar-refractivity contribution >= 4 is 113 Å². The average Bonchev–Trinajstić information content (AvgIpc) is 1.60. The fourth-order valence-electron chi connectivity index (χ4n) is 19.5. The molecular formula is C97H124BrClN26O17. The highest BCUT2D eigenvalue weighted by atomic mass is 79.9. The Labute approximate surface area is 834 Å². The molecule has 7 aromatic heterocycles. The van der Waals surface area contributed by atoms with Crippen molar-refractivity contribution in [2.24, 2.45) is 0 Å². The van der Waals surface area contributed by atoms with Crippen LogP contribution in [0.2, 0.25) is 5.28 Å². The Bertz CT molecular complexity index is 6280. The third kappa shape index (κ3) is 21.4. The summed E-state index contributed by atoms with van der Waals surface area (Å²) in [4.78, 5) is 86.1. The number of aromatic nitrogens is 14. The van der Waals surface area contributed by atoms with Gasteiger partial charge in [0.2, 0.25) is 5.28 Å². The van der Waals surface area contributed by atoms with Crippen LogP contribution in [-0.2, 0) is 108 Å². The van der Waals surface area contributed by atoms with E-state index in [9.17, 15) is 35.6 Å². The highest BCUT2D eigenvalue weighted by Gasteiger charge is 2.48. The fraction of sp³-hybridized carbons (Fsp3) is 0.515. The molecule has 4 aromatic carbocycles. The zero-order chi connectivity index (χ0) is 101. The monoisotopic (exact) mass is 2040 g/mol.